The lowest BCUT2D eigenvalue weighted by Crippen LogP contribution is -2.15. The van der Waals surface area contributed by atoms with Gasteiger partial charge in [-0.25, -0.2) is 9.48 Å². The number of nitro groups is 1. The van der Waals surface area contributed by atoms with Gasteiger partial charge in [-0.2, -0.15) is 0 Å². The SMILES string of the molecule is Cn1nnnc1Sc1ccc([N+](=O)[O-])cc1C(=O)OCC(=O)c1ccc(Cl)cc1. The number of ether oxygens (including phenoxy) is 1. The summed E-state index contributed by atoms with van der Waals surface area (Å²) < 4.78 is 6.46. The van der Waals surface area contributed by atoms with Crippen LogP contribution in [-0.2, 0) is 11.8 Å². The molecule has 0 fully saturated rings. The maximum absolute atomic E-state index is 12.6. The fourth-order valence-electron chi connectivity index (χ4n) is 2.21. The molecule has 0 N–H and O–H groups in total. The summed E-state index contributed by atoms with van der Waals surface area (Å²) in [5.74, 6) is -1.32. The lowest BCUT2D eigenvalue weighted by Gasteiger charge is -2.09. The number of rotatable bonds is 7. The van der Waals surface area contributed by atoms with Crippen molar-refractivity contribution in [2.24, 2.45) is 7.05 Å². The van der Waals surface area contributed by atoms with Gasteiger partial charge in [0.1, 0.15) is 0 Å². The molecule has 0 aliphatic carbocycles. The van der Waals surface area contributed by atoms with Gasteiger partial charge in [-0.15, -0.1) is 5.10 Å². The zero-order chi connectivity index (χ0) is 21.0. The van der Waals surface area contributed by atoms with Gasteiger partial charge in [0.25, 0.3) is 5.69 Å². The van der Waals surface area contributed by atoms with Crippen LogP contribution in [0.3, 0.4) is 0 Å². The number of aryl methyl sites for hydroxylation is 1. The van der Waals surface area contributed by atoms with Crippen molar-refractivity contribution in [1.82, 2.24) is 20.2 Å². The van der Waals surface area contributed by atoms with Gasteiger partial charge < -0.3 is 4.74 Å². The second-order valence-electron chi connectivity index (χ2n) is 5.63. The average molecular weight is 434 g/mol. The first-order chi connectivity index (χ1) is 13.8. The zero-order valence-electron chi connectivity index (χ0n) is 14.8. The number of non-ortho nitro benzene ring substituents is 1. The third-order valence-electron chi connectivity index (χ3n) is 3.68. The second kappa shape index (κ2) is 8.80. The summed E-state index contributed by atoms with van der Waals surface area (Å²) in [5, 5.41) is 22.9. The number of benzene rings is 2. The summed E-state index contributed by atoms with van der Waals surface area (Å²) in [6.45, 7) is -0.529. The quantitative estimate of drug-likeness (QED) is 0.239. The number of hydrogen-bond acceptors (Lipinski definition) is 9. The molecule has 1 aromatic heterocycles. The van der Waals surface area contributed by atoms with E-state index in [0.717, 1.165) is 17.8 Å². The van der Waals surface area contributed by atoms with E-state index >= 15 is 0 Å². The fraction of sp³-hybridized carbons (Fsp3) is 0.118. The number of Topliss-reactive ketones (excluding diaryl/α,β-unsaturated/α-hetero) is 1. The molecule has 2 aromatic carbocycles. The number of ketones is 1. The van der Waals surface area contributed by atoms with Crippen LogP contribution in [0.4, 0.5) is 5.69 Å². The summed E-state index contributed by atoms with van der Waals surface area (Å²) in [4.78, 5) is 35.5. The van der Waals surface area contributed by atoms with Crippen LogP contribution >= 0.6 is 23.4 Å². The van der Waals surface area contributed by atoms with Crippen molar-refractivity contribution < 1.29 is 19.2 Å². The van der Waals surface area contributed by atoms with E-state index in [4.69, 9.17) is 16.3 Å². The first-order valence-corrected chi connectivity index (χ1v) is 9.19. The average Bonchev–Trinajstić information content (AvgIpc) is 3.11. The molecule has 0 spiro atoms. The Balaban J connectivity index is 1.80. The second-order valence-corrected chi connectivity index (χ2v) is 7.08. The number of hydrogen-bond donors (Lipinski definition) is 0. The molecule has 148 valence electrons. The highest BCUT2D eigenvalue weighted by Gasteiger charge is 2.21. The van der Waals surface area contributed by atoms with Crippen LogP contribution in [0, 0.1) is 10.1 Å². The summed E-state index contributed by atoms with van der Waals surface area (Å²) in [7, 11) is 1.61. The molecule has 0 saturated carbocycles. The van der Waals surface area contributed by atoms with Crippen molar-refractivity contribution in [3.63, 3.8) is 0 Å². The normalized spacial score (nSPS) is 10.6. The highest BCUT2D eigenvalue weighted by molar-refractivity contribution is 7.99. The Morgan fingerprint density at radius 3 is 2.59 bits per heavy atom. The molecule has 0 unspecified atom stereocenters. The van der Waals surface area contributed by atoms with Crippen LogP contribution in [0.5, 0.6) is 0 Å². The minimum absolute atomic E-state index is 0.0730. The summed E-state index contributed by atoms with van der Waals surface area (Å²) in [5.41, 5.74) is -0.0430. The highest BCUT2D eigenvalue weighted by Crippen LogP contribution is 2.31. The number of tetrazole rings is 1. The summed E-state index contributed by atoms with van der Waals surface area (Å²) in [6, 6.07) is 9.84. The molecule has 0 amide bonds. The Bertz CT molecular complexity index is 1090. The van der Waals surface area contributed by atoms with Crippen molar-refractivity contribution in [3.8, 4) is 0 Å². The van der Waals surface area contributed by atoms with Crippen molar-refractivity contribution in [3.05, 3.63) is 68.7 Å². The molecule has 0 bridgehead atoms. The van der Waals surface area contributed by atoms with E-state index in [1.54, 1.807) is 19.2 Å². The molecule has 29 heavy (non-hydrogen) atoms. The summed E-state index contributed by atoms with van der Waals surface area (Å²) >= 11 is 6.81. The van der Waals surface area contributed by atoms with Gasteiger partial charge in [0, 0.05) is 34.7 Å². The van der Waals surface area contributed by atoms with Gasteiger partial charge in [0.15, 0.2) is 12.4 Å². The smallest absolute Gasteiger partial charge is 0.339 e. The first-order valence-electron chi connectivity index (χ1n) is 7.99. The van der Waals surface area contributed by atoms with Crippen LogP contribution in [0.15, 0.2) is 52.5 Å². The van der Waals surface area contributed by atoms with Crippen LogP contribution in [-0.4, -0.2) is 43.5 Å². The maximum atomic E-state index is 12.6. The van der Waals surface area contributed by atoms with Crippen molar-refractivity contribution in [2.75, 3.05) is 6.61 Å². The van der Waals surface area contributed by atoms with Crippen LogP contribution in [0.1, 0.15) is 20.7 Å². The molecule has 0 aliphatic heterocycles. The van der Waals surface area contributed by atoms with Crippen molar-refractivity contribution >= 4 is 40.8 Å². The van der Waals surface area contributed by atoms with E-state index in [-0.39, 0.29) is 11.3 Å². The van der Waals surface area contributed by atoms with Gasteiger partial charge in [-0.1, -0.05) is 11.6 Å². The molecular weight excluding hydrogens is 422 g/mol. The van der Waals surface area contributed by atoms with Crippen molar-refractivity contribution in [2.45, 2.75) is 10.1 Å². The largest absolute Gasteiger partial charge is 0.454 e. The Labute approximate surface area is 173 Å². The minimum atomic E-state index is -0.881. The fourth-order valence-corrected chi connectivity index (χ4v) is 3.17. The predicted octanol–water partition coefficient (Wildman–Crippen LogP) is 2.96. The van der Waals surface area contributed by atoms with Crippen LogP contribution in [0.25, 0.3) is 0 Å². The molecular formula is C17H12ClN5O5S. The minimum Gasteiger partial charge on any atom is -0.454 e. The number of esters is 1. The van der Waals surface area contributed by atoms with E-state index in [2.05, 4.69) is 15.5 Å². The van der Waals surface area contributed by atoms with E-state index < -0.39 is 23.3 Å². The van der Waals surface area contributed by atoms with Gasteiger partial charge >= 0.3 is 5.97 Å². The molecule has 3 aromatic rings. The predicted molar refractivity (Wildman–Crippen MR) is 102 cm³/mol. The molecule has 1 heterocycles. The topological polar surface area (TPSA) is 130 Å². The van der Waals surface area contributed by atoms with E-state index in [9.17, 15) is 19.7 Å². The number of aromatic nitrogens is 4. The number of nitrogens with zero attached hydrogens (tertiary/aromatic N) is 5. The van der Waals surface area contributed by atoms with Gasteiger partial charge in [-0.3, -0.25) is 14.9 Å². The Kier molecular flexibility index (Phi) is 6.20. The molecule has 0 aliphatic rings. The first kappa shape index (κ1) is 20.4. The summed E-state index contributed by atoms with van der Waals surface area (Å²) in [6.07, 6.45) is 0. The maximum Gasteiger partial charge on any atom is 0.339 e. The van der Waals surface area contributed by atoms with Crippen LogP contribution in [0.2, 0.25) is 5.02 Å². The molecule has 0 saturated heterocycles. The molecule has 10 nitrogen and oxygen atoms in total. The number of carbonyl (C=O) groups excluding carboxylic acids is 2. The van der Waals surface area contributed by atoms with E-state index in [1.165, 1.54) is 28.9 Å². The Morgan fingerprint density at radius 2 is 1.97 bits per heavy atom. The Morgan fingerprint density at radius 1 is 1.24 bits per heavy atom. The van der Waals surface area contributed by atoms with Gasteiger partial charge in [-0.05, 0) is 52.5 Å². The van der Waals surface area contributed by atoms with Crippen molar-refractivity contribution in [1.29, 1.82) is 0 Å². The zero-order valence-corrected chi connectivity index (χ0v) is 16.4. The third kappa shape index (κ3) is 4.95. The van der Waals surface area contributed by atoms with Gasteiger partial charge in [0.05, 0.1) is 10.5 Å². The number of halogens is 1. The third-order valence-corrected chi connectivity index (χ3v) is 5.03. The van der Waals surface area contributed by atoms with Gasteiger partial charge in [0.2, 0.25) is 5.16 Å². The number of carbonyl (C=O) groups is 2. The molecule has 12 heteroatoms. The standard InChI is InChI=1S/C17H12ClN5O5S/c1-22-17(19-20-21-22)29-15-7-6-12(23(26)27)8-13(15)16(25)28-9-14(24)10-2-4-11(18)5-3-10/h2-8H,9H2,1H3. The lowest BCUT2D eigenvalue weighted by molar-refractivity contribution is -0.384. The van der Waals surface area contributed by atoms with Crippen LogP contribution < -0.4 is 0 Å². The Hall–Kier alpha value is -3.31. The highest BCUT2D eigenvalue weighted by atomic mass is 35.5. The number of nitro benzene ring substituents is 1. The lowest BCUT2D eigenvalue weighted by atomic mass is 10.1. The molecule has 3 rings (SSSR count). The van der Waals surface area contributed by atoms with E-state index in [1.807, 2.05) is 0 Å². The van der Waals surface area contributed by atoms with E-state index in [0.29, 0.717) is 20.6 Å². The molecule has 0 atom stereocenters. The monoisotopic (exact) mass is 433 g/mol. The molecule has 0 radical (unpaired) electrons.